The molecule has 0 saturated heterocycles. The zero-order chi connectivity index (χ0) is 20.1. The maximum atomic E-state index is 12.2. The van der Waals surface area contributed by atoms with E-state index in [4.69, 9.17) is 37.4 Å². The number of esters is 1. The number of aromatic nitrogens is 1. The molecule has 1 aromatic carbocycles. The molecule has 1 aromatic heterocycles. The molecule has 0 radical (unpaired) electrons. The Hall–Kier alpha value is -2.03. The van der Waals surface area contributed by atoms with Gasteiger partial charge in [-0.2, -0.15) is 0 Å². The minimum absolute atomic E-state index is 0.131. The first-order valence-electron chi connectivity index (χ1n) is 7.47. The smallest absolute Gasteiger partial charge is 0.338 e. The summed E-state index contributed by atoms with van der Waals surface area (Å²) in [5, 5.41) is 3.05. The maximum absolute atomic E-state index is 12.2. The molecule has 0 atom stereocenters. The molecule has 1 N–H and O–H groups in total. The van der Waals surface area contributed by atoms with Gasteiger partial charge in [-0.25, -0.2) is 9.78 Å². The number of hydrogen-bond donors (Lipinski definition) is 1. The normalized spacial score (nSPS) is 10.3. The molecule has 2 aromatic rings. The van der Waals surface area contributed by atoms with E-state index in [-0.39, 0.29) is 16.4 Å². The van der Waals surface area contributed by atoms with Crippen molar-refractivity contribution in [3.05, 3.63) is 44.0 Å². The van der Waals surface area contributed by atoms with Crippen LogP contribution >= 0.6 is 39.1 Å². The second kappa shape index (κ2) is 9.25. The number of pyridine rings is 1. The van der Waals surface area contributed by atoms with E-state index >= 15 is 0 Å². The van der Waals surface area contributed by atoms with E-state index in [0.29, 0.717) is 26.6 Å². The Bertz CT molecular complexity index is 867. The second-order valence-corrected chi connectivity index (χ2v) is 6.79. The molecule has 0 saturated carbocycles. The Kier molecular flexibility index (Phi) is 7.29. The number of carbonyl (C=O) groups is 2. The van der Waals surface area contributed by atoms with Gasteiger partial charge in [0.1, 0.15) is 16.0 Å². The number of rotatable bonds is 6. The van der Waals surface area contributed by atoms with Gasteiger partial charge < -0.3 is 19.5 Å². The van der Waals surface area contributed by atoms with Crippen molar-refractivity contribution in [3.63, 3.8) is 0 Å². The molecule has 0 fully saturated rings. The quantitative estimate of drug-likeness (QED) is 0.625. The van der Waals surface area contributed by atoms with Crippen LogP contribution in [0.5, 0.6) is 11.5 Å². The highest BCUT2D eigenvalue weighted by molar-refractivity contribution is 9.10. The number of ether oxygens (including phenoxy) is 3. The fraction of sp³-hybridized carbons (Fsp3) is 0.235. The lowest BCUT2D eigenvalue weighted by atomic mass is 10.2. The molecule has 1 amide bonds. The highest BCUT2D eigenvalue weighted by Gasteiger charge is 2.18. The summed E-state index contributed by atoms with van der Waals surface area (Å²) in [4.78, 5) is 28.2. The van der Waals surface area contributed by atoms with Crippen LogP contribution in [0.4, 0.5) is 5.82 Å². The second-order valence-electron chi connectivity index (χ2n) is 5.21. The van der Waals surface area contributed by atoms with E-state index in [1.807, 2.05) is 0 Å². The predicted octanol–water partition coefficient (Wildman–Crippen LogP) is 4.27. The van der Waals surface area contributed by atoms with Gasteiger partial charge >= 0.3 is 5.97 Å². The number of amides is 1. The number of nitrogens with zero attached hydrogens (tertiary/aromatic N) is 1. The zero-order valence-electron chi connectivity index (χ0n) is 14.6. The number of anilines is 1. The number of methoxy groups -OCH3 is 2. The third-order valence-electron chi connectivity index (χ3n) is 3.48. The minimum atomic E-state index is -0.722. The van der Waals surface area contributed by atoms with Gasteiger partial charge in [-0.15, -0.1) is 0 Å². The first kappa shape index (κ1) is 21.3. The van der Waals surface area contributed by atoms with Gasteiger partial charge in [0.05, 0.1) is 29.8 Å². The van der Waals surface area contributed by atoms with Crippen LogP contribution in [-0.2, 0) is 9.53 Å². The molecule has 7 nitrogen and oxygen atoms in total. The molecular formula is C17H15BrCl2N2O5. The van der Waals surface area contributed by atoms with Gasteiger partial charge in [0.2, 0.25) is 0 Å². The molecule has 0 aliphatic heterocycles. The summed E-state index contributed by atoms with van der Waals surface area (Å²) < 4.78 is 15.9. The Balaban J connectivity index is 2.05. The van der Waals surface area contributed by atoms with Crippen molar-refractivity contribution >= 4 is 56.8 Å². The number of halogens is 3. The van der Waals surface area contributed by atoms with Gasteiger partial charge in [-0.1, -0.05) is 23.2 Å². The monoisotopic (exact) mass is 476 g/mol. The van der Waals surface area contributed by atoms with Gasteiger partial charge in [-0.05, 0) is 40.5 Å². The van der Waals surface area contributed by atoms with Crippen molar-refractivity contribution in [1.29, 1.82) is 0 Å². The topological polar surface area (TPSA) is 86.8 Å². The SMILES string of the molecule is COc1cc(C(=O)OCC(=O)Nc2ncc(Cl)c(C)c2Cl)cc(OC)c1Br. The Morgan fingerprint density at radius 3 is 2.33 bits per heavy atom. The van der Waals surface area contributed by atoms with Gasteiger partial charge in [0.25, 0.3) is 5.91 Å². The third kappa shape index (κ3) is 5.03. The standard InChI is InChI=1S/C17H15BrCl2N2O5/c1-8-10(19)6-21-16(15(8)20)22-13(23)7-27-17(24)9-4-11(25-2)14(18)12(5-9)26-3/h4-6H,7H2,1-3H3,(H,21,22,23). The highest BCUT2D eigenvalue weighted by Crippen LogP contribution is 2.35. The third-order valence-corrected chi connectivity index (χ3v) is 5.10. The van der Waals surface area contributed by atoms with Crippen molar-refractivity contribution in [1.82, 2.24) is 4.98 Å². The van der Waals surface area contributed by atoms with Crippen LogP contribution < -0.4 is 14.8 Å². The van der Waals surface area contributed by atoms with E-state index in [2.05, 4.69) is 26.2 Å². The molecule has 0 bridgehead atoms. The molecule has 27 heavy (non-hydrogen) atoms. The lowest BCUT2D eigenvalue weighted by molar-refractivity contribution is -0.119. The number of benzene rings is 1. The molecule has 0 aliphatic rings. The van der Waals surface area contributed by atoms with Crippen LogP contribution in [0.3, 0.4) is 0 Å². The highest BCUT2D eigenvalue weighted by atomic mass is 79.9. The minimum Gasteiger partial charge on any atom is -0.495 e. The van der Waals surface area contributed by atoms with Crippen molar-refractivity contribution in [2.24, 2.45) is 0 Å². The van der Waals surface area contributed by atoms with Crippen molar-refractivity contribution in [2.45, 2.75) is 6.92 Å². The van der Waals surface area contributed by atoms with Gasteiger partial charge in [0.15, 0.2) is 12.4 Å². The zero-order valence-corrected chi connectivity index (χ0v) is 17.7. The molecule has 0 aliphatic carbocycles. The van der Waals surface area contributed by atoms with Gasteiger partial charge in [0, 0.05) is 6.20 Å². The number of carbonyl (C=O) groups excluding carboxylic acids is 2. The summed E-state index contributed by atoms with van der Waals surface area (Å²) >= 11 is 15.3. The molecule has 10 heteroatoms. The van der Waals surface area contributed by atoms with E-state index in [1.165, 1.54) is 32.5 Å². The molecule has 0 spiro atoms. The molecular weight excluding hydrogens is 463 g/mol. The summed E-state index contributed by atoms with van der Waals surface area (Å²) in [6, 6.07) is 2.93. The lowest BCUT2D eigenvalue weighted by Crippen LogP contribution is -2.21. The number of nitrogens with one attached hydrogen (secondary N) is 1. The van der Waals surface area contributed by atoms with E-state index in [9.17, 15) is 9.59 Å². The first-order valence-corrected chi connectivity index (χ1v) is 9.02. The van der Waals surface area contributed by atoms with Crippen LogP contribution in [0.2, 0.25) is 10.0 Å². The Labute approximate surface area is 174 Å². The van der Waals surface area contributed by atoms with E-state index in [1.54, 1.807) is 6.92 Å². The summed E-state index contributed by atoms with van der Waals surface area (Å²) in [6.45, 7) is 1.16. The molecule has 1 heterocycles. The molecule has 2 rings (SSSR count). The first-order chi connectivity index (χ1) is 12.8. The van der Waals surface area contributed by atoms with Crippen LogP contribution in [0.15, 0.2) is 22.8 Å². The molecule has 144 valence electrons. The summed E-state index contributed by atoms with van der Waals surface area (Å²) in [7, 11) is 2.90. The van der Waals surface area contributed by atoms with Crippen LogP contribution in [-0.4, -0.2) is 37.7 Å². The van der Waals surface area contributed by atoms with Crippen molar-refractivity contribution in [2.75, 3.05) is 26.1 Å². The maximum Gasteiger partial charge on any atom is 0.338 e. The van der Waals surface area contributed by atoms with Crippen LogP contribution in [0.25, 0.3) is 0 Å². The van der Waals surface area contributed by atoms with E-state index in [0.717, 1.165) is 0 Å². The van der Waals surface area contributed by atoms with Gasteiger partial charge in [-0.3, -0.25) is 4.79 Å². The average Bonchev–Trinajstić information content (AvgIpc) is 2.66. The fourth-order valence-corrected chi connectivity index (χ4v) is 2.96. The summed E-state index contributed by atoms with van der Waals surface area (Å²) in [5.74, 6) is -0.417. The summed E-state index contributed by atoms with van der Waals surface area (Å²) in [5.41, 5.74) is 0.743. The van der Waals surface area contributed by atoms with Crippen molar-refractivity contribution in [3.8, 4) is 11.5 Å². The fourth-order valence-electron chi connectivity index (χ4n) is 2.01. The van der Waals surface area contributed by atoms with Crippen molar-refractivity contribution < 1.29 is 23.8 Å². The van der Waals surface area contributed by atoms with Crippen LogP contribution in [0.1, 0.15) is 15.9 Å². The Morgan fingerprint density at radius 1 is 1.19 bits per heavy atom. The molecule has 0 unspecified atom stereocenters. The largest absolute Gasteiger partial charge is 0.495 e. The number of hydrogen-bond acceptors (Lipinski definition) is 6. The predicted molar refractivity (Wildman–Crippen MR) is 105 cm³/mol. The Morgan fingerprint density at radius 2 is 1.78 bits per heavy atom. The van der Waals surface area contributed by atoms with E-state index < -0.39 is 18.5 Å². The summed E-state index contributed by atoms with van der Waals surface area (Å²) in [6.07, 6.45) is 1.37. The average molecular weight is 478 g/mol. The van der Waals surface area contributed by atoms with Crippen LogP contribution in [0, 0.1) is 6.92 Å². The lowest BCUT2D eigenvalue weighted by Gasteiger charge is -2.12.